The Hall–Kier alpha value is -1.86. The number of nitrogens with two attached hydrogens (primary N) is 2. The van der Waals surface area contributed by atoms with Crippen LogP contribution in [0.4, 0.5) is 15.8 Å². The normalized spacial score (nSPS) is 12.2. The van der Waals surface area contributed by atoms with Gasteiger partial charge in [0.05, 0.1) is 24.5 Å². The molecule has 1 unspecified atom stereocenters. The van der Waals surface area contributed by atoms with E-state index in [0.29, 0.717) is 19.8 Å². The fraction of sp³-hybridized carbons (Fsp3) is 0.500. The minimum Gasteiger partial charge on any atom is -0.398 e. The van der Waals surface area contributed by atoms with Crippen molar-refractivity contribution in [1.82, 2.24) is 0 Å². The summed E-state index contributed by atoms with van der Waals surface area (Å²) in [6.07, 6.45) is 0. The van der Waals surface area contributed by atoms with Crippen molar-refractivity contribution in [1.29, 1.82) is 0 Å². The van der Waals surface area contributed by atoms with Gasteiger partial charge in [0, 0.05) is 32.5 Å². The molecule has 0 aliphatic rings. The summed E-state index contributed by atoms with van der Waals surface area (Å²) in [5.41, 5.74) is 11.2. The number of ether oxygens (including phenoxy) is 2. The minimum atomic E-state index is -0.695. The van der Waals surface area contributed by atoms with Crippen molar-refractivity contribution in [2.75, 3.05) is 44.6 Å². The Balaban J connectivity index is 3.22. The molecule has 7 heteroatoms. The lowest BCUT2D eigenvalue weighted by molar-refractivity contribution is 0.100. The van der Waals surface area contributed by atoms with Crippen molar-refractivity contribution >= 4 is 17.3 Å². The van der Waals surface area contributed by atoms with Gasteiger partial charge in [0.15, 0.2) is 0 Å². The molecule has 21 heavy (non-hydrogen) atoms. The van der Waals surface area contributed by atoms with E-state index in [2.05, 4.69) is 0 Å². The third-order valence-electron chi connectivity index (χ3n) is 3.17. The maximum Gasteiger partial charge on any atom is 0.250 e. The topological polar surface area (TPSA) is 90.8 Å². The first-order valence-electron chi connectivity index (χ1n) is 6.55. The van der Waals surface area contributed by atoms with Gasteiger partial charge in [-0.15, -0.1) is 0 Å². The van der Waals surface area contributed by atoms with Crippen LogP contribution in [0, 0.1) is 5.82 Å². The predicted molar refractivity (Wildman–Crippen MR) is 79.9 cm³/mol. The second kappa shape index (κ2) is 7.80. The Bertz CT molecular complexity index is 497. The van der Waals surface area contributed by atoms with Crippen LogP contribution < -0.4 is 16.4 Å². The molecule has 0 heterocycles. The lowest BCUT2D eigenvalue weighted by Crippen LogP contribution is -2.39. The number of primary amides is 1. The number of carbonyl (C=O) groups excluding carboxylic acids is 1. The quantitative estimate of drug-likeness (QED) is 0.699. The Morgan fingerprint density at radius 3 is 2.57 bits per heavy atom. The molecule has 0 saturated carbocycles. The Labute approximate surface area is 123 Å². The summed E-state index contributed by atoms with van der Waals surface area (Å²) in [7, 11) is 3.13. The second-order valence-electron chi connectivity index (χ2n) is 4.75. The van der Waals surface area contributed by atoms with Crippen molar-refractivity contribution in [2.45, 2.75) is 13.0 Å². The van der Waals surface area contributed by atoms with Crippen LogP contribution in [0.5, 0.6) is 0 Å². The molecule has 1 rings (SSSR count). The van der Waals surface area contributed by atoms with Crippen LogP contribution in [-0.4, -0.2) is 45.9 Å². The first-order valence-corrected chi connectivity index (χ1v) is 6.55. The molecule has 1 atom stereocenters. The van der Waals surface area contributed by atoms with E-state index >= 15 is 0 Å². The van der Waals surface area contributed by atoms with E-state index in [4.69, 9.17) is 20.9 Å². The highest BCUT2D eigenvalue weighted by molar-refractivity contribution is 5.99. The number of halogens is 1. The molecule has 0 spiro atoms. The number of methoxy groups -OCH3 is 2. The molecule has 0 fully saturated rings. The van der Waals surface area contributed by atoms with Crippen LogP contribution in [0.3, 0.4) is 0 Å². The fourth-order valence-electron chi connectivity index (χ4n) is 2.11. The fourth-order valence-corrected chi connectivity index (χ4v) is 2.11. The first-order chi connectivity index (χ1) is 9.92. The van der Waals surface area contributed by atoms with Gasteiger partial charge in [0.1, 0.15) is 5.82 Å². The number of nitrogens with zero attached hydrogens (tertiary/aromatic N) is 1. The minimum absolute atomic E-state index is 0.0230. The van der Waals surface area contributed by atoms with Crippen LogP contribution in [-0.2, 0) is 9.47 Å². The molecule has 0 radical (unpaired) electrons. The van der Waals surface area contributed by atoms with Gasteiger partial charge in [-0.3, -0.25) is 4.79 Å². The maximum atomic E-state index is 14.2. The summed E-state index contributed by atoms with van der Waals surface area (Å²) in [5, 5.41) is 0. The summed E-state index contributed by atoms with van der Waals surface area (Å²) in [6.45, 7) is 3.14. The zero-order valence-electron chi connectivity index (χ0n) is 12.6. The number of hydrogen-bond acceptors (Lipinski definition) is 5. The van der Waals surface area contributed by atoms with Gasteiger partial charge in [-0.2, -0.15) is 0 Å². The number of carbonyl (C=O) groups is 1. The Morgan fingerprint density at radius 2 is 2.05 bits per heavy atom. The summed E-state index contributed by atoms with van der Waals surface area (Å²) in [6, 6.07) is 2.37. The third-order valence-corrected chi connectivity index (χ3v) is 3.17. The number of benzene rings is 1. The number of nitrogen functional groups attached to an aromatic ring is 1. The van der Waals surface area contributed by atoms with Crippen LogP contribution in [0.2, 0.25) is 0 Å². The standard InChI is InChI=1S/C14H22FN3O3/c1-9(8-21-3)18(4-5-20-2)13-6-10(14(17)19)12(16)7-11(13)15/h6-7,9H,4-5,8,16H2,1-3H3,(H2,17,19). The molecule has 0 saturated heterocycles. The number of rotatable bonds is 8. The van der Waals surface area contributed by atoms with E-state index in [9.17, 15) is 9.18 Å². The van der Waals surface area contributed by atoms with Gasteiger partial charge in [0.2, 0.25) is 0 Å². The molecule has 6 nitrogen and oxygen atoms in total. The van der Waals surface area contributed by atoms with Gasteiger partial charge in [-0.1, -0.05) is 0 Å². The molecular weight excluding hydrogens is 277 g/mol. The summed E-state index contributed by atoms with van der Waals surface area (Å²) >= 11 is 0. The molecule has 4 N–H and O–H groups in total. The maximum absolute atomic E-state index is 14.2. The van der Waals surface area contributed by atoms with E-state index in [0.717, 1.165) is 6.07 Å². The van der Waals surface area contributed by atoms with E-state index in [-0.39, 0.29) is 23.0 Å². The second-order valence-corrected chi connectivity index (χ2v) is 4.75. The zero-order chi connectivity index (χ0) is 16.0. The highest BCUT2D eigenvalue weighted by Gasteiger charge is 2.21. The van der Waals surface area contributed by atoms with Crippen molar-refractivity contribution in [2.24, 2.45) is 5.73 Å². The van der Waals surface area contributed by atoms with Gasteiger partial charge in [0.25, 0.3) is 5.91 Å². The van der Waals surface area contributed by atoms with E-state index in [1.807, 2.05) is 6.92 Å². The summed E-state index contributed by atoms with van der Waals surface area (Å²) < 4.78 is 24.4. The van der Waals surface area contributed by atoms with Gasteiger partial charge >= 0.3 is 0 Å². The molecule has 0 aliphatic heterocycles. The molecule has 0 aromatic heterocycles. The lowest BCUT2D eigenvalue weighted by Gasteiger charge is -2.31. The molecule has 1 amide bonds. The predicted octanol–water partition coefficient (Wildman–Crippen LogP) is 0.995. The number of hydrogen-bond donors (Lipinski definition) is 2. The van der Waals surface area contributed by atoms with E-state index in [1.54, 1.807) is 19.1 Å². The summed E-state index contributed by atoms with van der Waals surface area (Å²) in [5.74, 6) is -1.21. The van der Waals surface area contributed by atoms with E-state index < -0.39 is 11.7 Å². The third kappa shape index (κ3) is 4.30. The Kier molecular flexibility index (Phi) is 6.39. The number of amides is 1. The van der Waals surface area contributed by atoms with Gasteiger partial charge in [-0.25, -0.2) is 4.39 Å². The van der Waals surface area contributed by atoms with Crippen LogP contribution in [0.15, 0.2) is 12.1 Å². The van der Waals surface area contributed by atoms with Gasteiger partial charge in [-0.05, 0) is 19.1 Å². The monoisotopic (exact) mass is 299 g/mol. The highest BCUT2D eigenvalue weighted by atomic mass is 19.1. The van der Waals surface area contributed by atoms with Crippen molar-refractivity contribution in [3.8, 4) is 0 Å². The first kappa shape index (κ1) is 17.2. The smallest absolute Gasteiger partial charge is 0.250 e. The van der Waals surface area contributed by atoms with Crippen LogP contribution in [0.25, 0.3) is 0 Å². The largest absolute Gasteiger partial charge is 0.398 e. The molecule has 118 valence electrons. The lowest BCUT2D eigenvalue weighted by atomic mass is 10.1. The van der Waals surface area contributed by atoms with Crippen molar-refractivity contribution < 1.29 is 18.7 Å². The number of anilines is 2. The van der Waals surface area contributed by atoms with Crippen molar-refractivity contribution in [3.63, 3.8) is 0 Å². The highest BCUT2D eigenvalue weighted by Crippen LogP contribution is 2.27. The van der Waals surface area contributed by atoms with Crippen LogP contribution >= 0.6 is 0 Å². The SMILES string of the molecule is COCCN(c1cc(C(N)=O)c(N)cc1F)C(C)COC. The summed E-state index contributed by atoms with van der Waals surface area (Å²) in [4.78, 5) is 13.1. The average molecular weight is 299 g/mol. The molecule has 0 bridgehead atoms. The van der Waals surface area contributed by atoms with E-state index in [1.165, 1.54) is 6.07 Å². The molecular formula is C14H22FN3O3. The Morgan fingerprint density at radius 1 is 1.38 bits per heavy atom. The zero-order valence-corrected chi connectivity index (χ0v) is 12.6. The van der Waals surface area contributed by atoms with Gasteiger partial charge < -0.3 is 25.8 Å². The molecule has 0 aliphatic carbocycles. The van der Waals surface area contributed by atoms with Crippen LogP contribution in [0.1, 0.15) is 17.3 Å². The average Bonchev–Trinajstić information content (AvgIpc) is 2.41. The molecule has 1 aromatic carbocycles. The molecule has 1 aromatic rings. The van der Waals surface area contributed by atoms with Crippen molar-refractivity contribution in [3.05, 3.63) is 23.5 Å².